The highest BCUT2D eigenvalue weighted by atomic mass is 16.3. The maximum absolute atomic E-state index is 10.1. The SMILES string of the molecule is CCC(C)(O)CN1CCc2ccccc2CC1. The van der Waals surface area contributed by atoms with Gasteiger partial charge in [-0.1, -0.05) is 31.2 Å². The summed E-state index contributed by atoms with van der Waals surface area (Å²) in [5.74, 6) is 0. The van der Waals surface area contributed by atoms with Crippen LogP contribution in [0.15, 0.2) is 24.3 Å². The molecule has 0 radical (unpaired) electrons. The molecule has 1 aromatic rings. The Kier molecular flexibility index (Phi) is 3.85. The Hall–Kier alpha value is -0.860. The van der Waals surface area contributed by atoms with Gasteiger partial charge in [-0.05, 0) is 37.3 Å². The Labute approximate surface area is 104 Å². The first-order valence-electron chi connectivity index (χ1n) is 6.62. The number of aliphatic hydroxyl groups is 1. The zero-order valence-electron chi connectivity index (χ0n) is 10.9. The Morgan fingerprint density at radius 3 is 2.18 bits per heavy atom. The summed E-state index contributed by atoms with van der Waals surface area (Å²) in [6.07, 6.45) is 3.03. The first-order chi connectivity index (χ1) is 8.11. The summed E-state index contributed by atoms with van der Waals surface area (Å²) in [7, 11) is 0. The van der Waals surface area contributed by atoms with E-state index in [1.165, 1.54) is 11.1 Å². The number of nitrogens with zero attached hydrogens (tertiary/aromatic N) is 1. The van der Waals surface area contributed by atoms with Crippen molar-refractivity contribution >= 4 is 0 Å². The quantitative estimate of drug-likeness (QED) is 0.865. The van der Waals surface area contributed by atoms with Gasteiger partial charge in [-0.25, -0.2) is 0 Å². The molecule has 2 heteroatoms. The van der Waals surface area contributed by atoms with Gasteiger partial charge in [0.15, 0.2) is 0 Å². The molecule has 1 aliphatic rings. The number of hydrogen-bond acceptors (Lipinski definition) is 2. The summed E-state index contributed by atoms with van der Waals surface area (Å²) in [5.41, 5.74) is 2.41. The lowest BCUT2D eigenvalue weighted by Gasteiger charge is -2.29. The summed E-state index contributed by atoms with van der Waals surface area (Å²) in [6.45, 7) is 6.90. The smallest absolute Gasteiger partial charge is 0.0743 e. The van der Waals surface area contributed by atoms with Crippen LogP contribution in [-0.4, -0.2) is 35.2 Å². The van der Waals surface area contributed by atoms with Gasteiger partial charge in [0.2, 0.25) is 0 Å². The third-order valence-electron chi connectivity index (χ3n) is 3.84. The van der Waals surface area contributed by atoms with E-state index in [-0.39, 0.29) is 0 Å². The largest absolute Gasteiger partial charge is 0.389 e. The molecule has 0 bridgehead atoms. The van der Waals surface area contributed by atoms with Gasteiger partial charge in [-0.2, -0.15) is 0 Å². The first-order valence-corrected chi connectivity index (χ1v) is 6.62. The van der Waals surface area contributed by atoms with Gasteiger partial charge in [0, 0.05) is 19.6 Å². The molecule has 0 aliphatic carbocycles. The molecule has 2 rings (SSSR count). The van der Waals surface area contributed by atoms with Crippen molar-refractivity contribution in [3.8, 4) is 0 Å². The highest BCUT2D eigenvalue weighted by Crippen LogP contribution is 2.18. The average molecular weight is 233 g/mol. The van der Waals surface area contributed by atoms with Gasteiger partial charge in [0.1, 0.15) is 0 Å². The molecule has 0 saturated carbocycles. The lowest BCUT2D eigenvalue weighted by Crippen LogP contribution is -2.41. The van der Waals surface area contributed by atoms with Crippen molar-refractivity contribution in [2.24, 2.45) is 0 Å². The van der Waals surface area contributed by atoms with Gasteiger partial charge in [-0.3, -0.25) is 4.90 Å². The lowest BCUT2D eigenvalue weighted by atomic mass is 10.0. The minimum absolute atomic E-state index is 0.545. The number of hydrogen-bond donors (Lipinski definition) is 1. The molecule has 0 amide bonds. The van der Waals surface area contributed by atoms with Crippen LogP contribution < -0.4 is 0 Å². The summed E-state index contributed by atoms with van der Waals surface area (Å²) < 4.78 is 0. The van der Waals surface area contributed by atoms with Crippen LogP contribution in [0, 0.1) is 0 Å². The van der Waals surface area contributed by atoms with Crippen LogP contribution in [0.2, 0.25) is 0 Å². The van der Waals surface area contributed by atoms with Crippen LogP contribution in [0.25, 0.3) is 0 Å². The zero-order valence-corrected chi connectivity index (χ0v) is 10.9. The number of benzene rings is 1. The second-order valence-electron chi connectivity index (χ2n) is 5.40. The van der Waals surface area contributed by atoms with Gasteiger partial charge in [0.05, 0.1) is 5.60 Å². The molecule has 1 aromatic carbocycles. The Morgan fingerprint density at radius 1 is 1.18 bits per heavy atom. The van der Waals surface area contributed by atoms with E-state index in [0.29, 0.717) is 0 Å². The summed E-state index contributed by atoms with van der Waals surface area (Å²) in [5, 5.41) is 10.1. The van der Waals surface area contributed by atoms with Crippen LogP contribution in [-0.2, 0) is 12.8 Å². The molecule has 1 N–H and O–H groups in total. The number of fused-ring (bicyclic) bond motifs is 1. The van der Waals surface area contributed by atoms with E-state index < -0.39 is 5.60 Å². The van der Waals surface area contributed by atoms with Crippen LogP contribution in [0.1, 0.15) is 31.4 Å². The van der Waals surface area contributed by atoms with E-state index in [9.17, 15) is 5.11 Å². The molecule has 0 spiro atoms. The average Bonchev–Trinajstić information content (AvgIpc) is 2.52. The van der Waals surface area contributed by atoms with Gasteiger partial charge in [0.25, 0.3) is 0 Å². The van der Waals surface area contributed by atoms with Crippen LogP contribution >= 0.6 is 0 Å². The lowest BCUT2D eigenvalue weighted by molar-refractivity contribution is 0.0176. The molecule has 1 unspecified atom stereocenters. The van der Waals surface area contributed by atoms with Crippen molar-refractivity contribution in [2.45, 2.75) is 38.7 Å². The van der Waals surface area contributed by atoms with Gasteiger partial charge in [-0.15, -0.1) is 0 Å². The minimum atomic E-state index is -0.545. The van der Waals surface area contributed by atoms with Crippen molar-refractivity contribution in [1.29, 1.82) is 0 Å². The Bertz CT molecular complexity index is 346. The van der Waals surface area contributed by atoms with Crippen LogP contribution in [0.5, 0.6) is 0 Å². The maximum Gasteiger partial charge on any atom is 0.0743 e. The molecule has 0 saturated heterocycles. The van der Waals surface area contributed by atoms with Crippen LogP contribution in [0.4, 0.5) is 0 Å². The molecule has 1 heterocycles. The highest BCUT2D eigenvalue weighted by molar-refractivity contribution is 5.28. The monoisotopic (exact) mass is 233 g/mol. The van der Waals surface area contributed by atoms with E-state index in [2.05, 4.69) is 29.2 Å². The number of rotatable bonds is 3. The number of β-amino-alcohol motifs (C(OH)–C–C–N with tert-alkyl or cyclic N) is 1. The summed E-state index contributed by atoms with van der Waals surface area (Å²) in [6, 6.07) is 8.71. The fourth-order valence-corrected chi connectivity index (χ4v) is 2.47. The molecule has 0 fully saturated rings. The van der Waals surface area contributed by atoms with Crippen molar-refractivity contribution in [3.63, 3.8) is 0 Å². The predicted octanol–water partition coefficient (Wildman–Crippen LogP) is 2.25. The Morgan fingerprint density at radius 2 is 1.71 bits per heavy atom. The highest BCUT2D eigenvalue weighted by Gasteiger charge is 2.23. The second kappa shape index (κ2) is 5.19. The maximum atomic E-state index is 10.1. The second-order valence-corrected chi connectivity index (χ2v) is 5.40. The van der Waals surface area contributed by atoms with E-state index in [1.807, 2.05) is 13.8 Å². The van der Waals surface area contributed by atoms with Crippen molar-refractivity contribution in [3.05, 3.63) is 35.4 Å². The third kappa shape index (κ3) is 3.30. The molecule has 0 aromatic heterocycles. The van der Waals surface area contributed by atoms with E-state index in [0.717, 1.165) is 38.9 Å². The minimum Gasteiger partial charge on any atom is -0.389 e. The molecule has 94 valence electrons. The zero-order chi connectivity index (χ0) is 12.3. The molecular weight excluding hydrogens is 210 g/mol. The third-order valence-corrected chi connectivity index (χ3v) is 3.84. The normalized spacial score (nSPS) is 20.4. The van der Waals surface area contributed by atoms with Crippen LogP contribution in [0.3, 0.4) is 0 Å². The van der Waals surface area contributed by atoms with Crippen molar-refractivity contribution in [1.82, 2.24) is 4.90 Å². The predicted molar refractivity (Wildman–Crippen MR) is 71.2 cm³/mol. The fraction of sp³-hybridized carbons (Fsp3) is 0.600. The van der Waals surface area contributed by atoms with Crippen molar-refractivity contribution < 1.29 is 5.11 Å². The standard InChI is InChI=1S/C15H23NO/c1-3-15(2,17)12-16-10-8-13-6-4-5-7-14(13)9-11-16/h4-7,17H,3,8-12H2,1-2H3. The van der Waals surface area contributed by atoms with E-state index >= 15 is 0 Å². The van der Waals surface area contributed by atoms with E-state index in [4.69, 9.17) is 0 Å². The van der Waals surface area contributed by atoms with Gasteiger partial charge < -0.3 is 5.11 Å². The Balaban J connectivity index is 2.00. The summed E-state index contributed by atoms with van der Waals surface area (Å²) in [4.78, 5) is 2.39. The van der Waals surface area contributed by atoms with E-state index in [1.54, 1.807) is 0 Å². The molecular formula is C15H23NO. The van der Waals surface area contributed by atoms with Gasteiger partial charge >= 0.3 is 0 Å². The fourth-order valence-electron chi connectivity index (χ4n) is 2.47. The van der Waals surface area contributed by atoms with Crippen molar-refractivity contribution in [2.75, 3.05) is 19.6 Å². The molecule has 17 heavy (non-hydrogen) atoms. The topological polar surface area (TPSA) is 23.5 Å². The first kappa shape index (κ1) is 12.6. The summed E-state index contributed by atoms with van der Waals surface area (Å²) >= 11 is 0. The molecule has 1 atom stereocenters. The molecule has 1 aliphatic heterocycles. The molecule has 2 nitrogen and oxygen atoms in total.